The van der Waals surface area contributed by atoms with Crippen LogP contribution >= 0.6 is 0 Å². The van der Waals surface area contributed by atoms with Gasteiger partial charge >= 0.3 is 0 Å². The van der Waals surface area contributed by atoms with Crippen molar-refractivity contribution in [3.8, 4) is 0 Å². The third-order valence-electron chi connectivity index (χ3n) is 6.30. The lowest BCUT2D eigenvalue weighted by atomic mass is 10.0. The number of aryl methyl sites for hydroxylation is 1. The molecule has 0 aliphatic heterocycles. The van der Waals surface area contributed by atoms with E-state index in [2.05, 4.69) is 34.4 Å². The summed E-state index contributed by atoms with van der Waals surface area (Å²) >= 11 is 0. The zero-order chi connectivity index (χ0) is 26.1. The summed E-state index contributed by atoms with van der Waals surface area (Å²) in [5, 5.41) is 18.4. The minimum atomic E-state index is -0.251. The fraction of sp³-hybridized carbons (Fsp3) is 0.393. The van der Waals surface area contributed by atoms with Crippen molar-refractivity contribution in [2.24, 2.45) is 10.4 Å². The molecule has 0 saturated heterocycles. The SMILES string of the molecule is C=C/C(=N\C(=C/Cc1cc(NCCC2(C)CC2)c(F)cc1C)NCCO)c1ccnc(NC(C)=O)c1. The Morgan fingerprint density at radius 2 is 2.08 bits per heavy atom. The smallest absolute Gasteiger partial charge is 0.222 e. The number of benzene rings is 1. The number of aliphatic hydroxyl groups is 1. The normalized spacial score (nSPS) is 14.8. The Bertz CT molecular complexity index is 1150. The molecule has 1 fully saturated rings. The van der Waals surface area contributed by atoms with E-state index in [1.165, 1.54) is 19.8 Å². The third-order valence-corrected chi connectivity index (χ3v) is 6.30. The molecule has 0 unspecified atom stereocenters. The lowest BCUT2D eigenvalue weighted by Crippen LogP contribution is -2.18. The van der Waals surface area contributed by atoms with Crippen LogP contribution in [0, 0.1) is 18.2 Å². The second kappa shape index (κ2) is 12.4. The molecule has 0 atom stereocenters. The highest BCUT2D eigenvalue weighted by atomic mass is 19.1. The van der Waals surface area contributed by atoms with Gasteiger partial charge in [-0.3, -0.25) is 4.79 Å². The number of hydrogen-bond donors (Lipinski definition) is 4. The summed E-state index contributed by atoms with van der Waals surface area (Å²) in [6.45, 7) is 10.5. The molecule has 0 radical (unpaired) electrons. The highest BCUT2D eigenvalue weighted by Gasteiger charge is 2.36. The van der Waals surface area contributed by atoms with Gasteiger partial charge < -0.3 is 21.1 Å². The number of aliphatic hydroxyl groups excluding tert-OH is 1. The molecule has 4 N–H and O–H groups in total. The molecule has 1 aliphatic rings. The number of amides is 1. The Hall–Kier alpha value is -3.52. The van der Waals surface area contributed by atoms with Crippen molar-refractivity contribution in [2.75, 3.05) is 30.3 Å². The van der Waals surface area contributed by atoms with Gasteiger partial charge in [0.2, 0.25) is 5.91 Å². The van der Waals surface area contributed by atoms with E-state index < -0.39 is 0 Å². The van der Waals surface area contributed by atoms with Gasteiger partial charge in [0, 0.05) is 31.8 Å². The van der Waals surface area contributed by atoms with E-state index >= 15 is 0 Å². The standard InChI is InChI=1S/C28H36FN5O2/c1-5-24(22-8-12-31-27(18-22)33-20(3)36)34-26(32-14-15-35)7-6-21-17-25(23(29)16-19(21)2)30-13-11-28(4)9-10-28/h5,7-8,12,16-18,30,32,35H,1,6,9-11,13-15H2,2-4H3,(H,31,33,36)/b26-7-,34-24+. The number of hydrogen-bond acceptors (Lipinski definition) is 6. The third kappa shape index (κ3) is 8.02. The summed E-state index contributed by atoms with van der Waals surface area (Å²) < 4.78 is 14.6. The van der Waals surface area contributed by atoms with E-state index in [9.17, 15) is 14.3 Å². The number of pyridine rings is 1. The monoisotopic (exact) mass is 493 g/mol. The number of nitrogens with zero attached hydrogens (tertiary/aromatic N) is 2. The van der Waals surface area contributed by atoms with Gasteiger partial charge in [0.25, 0.3) is 0 Å². The van der Waals surface area contributed by atoms with Gasteiger partial charge in [0.05, 0.1) is 18.0 Å². The molecule has 0 bridgehead atoms. The summed E-state index contributed by atoms with van der Waals surface area (Å²) in [5.41, 5.74) is 4.06. The minimum Gasteiger partial charge on any atom is -0.395 e. The van der Waals surface area contributed by atoms with Gasteiger partial charge in [-0.2, -0.15) is 0 Å². The van der Waals surface area contributed by atoms with Crippen LogP contribution in [0.25, 0.3) is 0 Å². The maximum absolute atomic E-state index is 14.6. The number of halogens is 1. The molecule has 1 saturated carbocycles. The van der Waals surface area contributed by atoms with Crippen molar-refractivity contribution in [3.05, 3.63) is 77.5 Å². The van der Waals surface area contributed by atoms with Gasteiger partial charge in [-0.15, -0.1) is 0 Å². The molecule has 3 rings (SSSR count). The first-order chi connectivity index (χ1) is 17.2. The second-order valence-corrected chi connectivity index (χ2v) is 9.50. The van der Waals surface area contributed by atoms with Gasteiger partial charge in [0.15, 0.2) is 0 Å². The molecule has 2 aromatic rings. The van der Waals surface area contributed by atoms with E-state index in [0.717, 1.165) is 29.7 Å². The number of carbonyl (C=O) groups excluding carboxylic acids is 1. The van der Waals surface area contributed by atoms with Crippen LogP contribution in [0.3, 0.4) is 0 Å². The molecule has 1 heterocycles. The predicted molar refractivity (Wildman–Crippen MR) is 144 cm³/mol. The Kier molecular flexibility index (Phi) is 9.36. The number of rotatable bonds is 13. The van der Waals surface area contributed by atoms with Gasteiger partial charge in [-0.1, -0.05) is 13.5 Å². The number of aromatic nitrogens is 1. The number of aliphatic imine (C=N–C) groups is 1. The Labute approximate surface area is 212 Å². The number of anilines is 2. The molecule has 1 aromatic heterocycles. The first-order valence-corrected chi connectivity index (χ1v) is 12.3. The molecule has 1 aliphatic carbocycles. The average molecular weight is 494 g/mol. The number of carbonyl (C=O) groups is 1. The van der Waals surface area contributed by atoms with Gasteiger partial charge in [-0.25, -0.2) is 14.4 Å². The van der Waals surface area contributed by atoms with Crippen LogP contribution in [-0.4, -0.2) is 41.4 Å². The fourth-order valence-corrected chi connectivity index (χ4v) is 3.78. The number of nitrogens with one attached hydrogen (secondary N) is 3. The van der Waals surface area contributed by atoms with Crippen LogP contribution in [0.1, 0.15) is 49.8 Å². The Morgan fingerprint density at radius 1 is 1.31 bits per heavy atom. The van der Waals surface area contributed by atoms with Crippen molar-refractivity contribution in [3.63, 3.8) is 0 Å². The first-order valence-electron chi connectivity index (χ1n) is 12.3. The molecule has 8 heteroatoms. The first kappa shape index (κ1) is 27.1. The molecule has 7 nitrogen and oxygen atoms in total. The molecule has 1 aromatic carbocycles. The van der Waals surface area contributed by atoms with Crippen molar-refractivity contribution < 1.29 is 14.3 Å². The van der Waals surface area contributed by atoms with Crippen LogP contribution in [-0.2, 0) is 11.2 Å². The minimum absolute atomic E-state index is 0.0548. The van der Waals surface area contributed by atoms with Crippen molar-refractivity contribution in [2.45, 2.75) is 46.5 Å². The van der Waals surface area contributed by atoms with Crippen LogP contribution < -0.4 is 16.0 Å². The van der Waals surface area contributed by atoms with Gasteiger partial charge in [-0.05, 0) is 85.6 Å². The van der Waals surface area contributed by atoms with Crippen LogP contribution in [0.5, 0.6) is 0 Å². The Morgan fingerprint density at radius 3 is 2.75 bits per heavy atom. The molecule has 192 valence electrons. The second-order valence-electron chi connectivity index (χ2n) is 9.50. The molecular weight excluding hydrogens is 457 g/mol. The predicted octanol–water partition coefficient (Wildman–Crippen LogP) is 4.73. The highest BCUT2D eigenvalue weighted by Crippen LogP contribution is 2.47. The summed E-state index contributed by atoms with van der Waals surface area (Å²) in [4.78, 5) is 20.2. The fourth-order valence-electron chi connectivity index (χ4n) is 3.78. The largest absolute Gasteiger partial charge is 0.395 e. The van der Waals surface area contributed by atoms with Gasteiger partial charge in [0.1, 0.15) is 17.5 Å². The summed E-state index contributed by atoms with van der Waals surface area (Å²) in [7, 11) is 0. The molecule has 1 amide bonds. The van der Waals surface area contributed by atoms with E-state index in [-0.39, 0.29) is 18.3 Å². The van der Waals surface area contributed by atoms with E-state index in [4.69, 9.17) is 4.99 Å². The summed E-state index contributed by atoms with van der Waals surface area (Å²) in [6.07, 6.45) is 9.15. The van der Waals surface area contributed by atoms with E-state index in [0.29, 0.717) is 41.4 Å². The number of allylic oxidation sites excluding steroid dienone is 2. The quantitative estimate of drug-likeness (QED) is 0.303. The van der Waals surface area contributed by atoms with Crippen LogP contribution in [0.2, 0.25) is 0 Å². The molecule has 36 heavy (non-hydrogen) atoms. The lowest BCUT2D eigenvalue weighted by molar-refractivity contribution is -0.114. The maximum atomic E-state index is 14.6. The summed E-state index contributed by atoms with van der Waals surface area (Å²) in [5.74, 6) is 0.504. The lowest BCUT2D eigenvalue weighted by Gasteiger charge is -2.14. The maximum Gasteiger partial charge on any atom is 0.222 e. The molecular formula is C28H36FN5O2. The van der Waals surface area contributed by atoms with E-state index in [1.54, 1.807) is 30.5 Å². The van der Waals surface area contributed by atoms with Crippen molar-refractivity contribution >= 4 is 23.1 Å². The van der Waals surface area contributed by atoms with Crippen molar-refractivity contribution in [1.29, 1.82) is 0 Å². The topological polar surface area (TPSA) is 98.6 Å². The highest BCUT2D eigenvalue weighted by molar-refractivity contribution is 6.09. The zero-order valence-corrected chi connectivity index (χ0v) is 21.3. The Balaban J connectivity index is 1.81. The van der Waals surface area contributed by atoms with E-state index in [1.807, 2.05) is 19.1 Å². The van der Waals surface area contributed by atoms with Crippen LogP contribution in [0.15, 0.2) is 60.0 Å². The van der Waals surface area contributed by atoms with Crippen molar-refractivity contribution in [1.82, 2.24) is 10.3 Å². The zero-order valence-electron chi connectivity index (χ0n) is 21.3. The molecule has 0 spiro atoms. The van der Waals surface area contributed by atoms with Crippen LogP contribution in [0.4, 0.5) is 15.9 Å². The average Bonchev–Trinajstić information content (AvgIpc) is 3.57. The summed E-state index contributed by atoms with van der Waals surface area (Å²) in [6, 6.07) is 6.92.